The van der Waals surface area contributed by atoms with Gasteiger partial charge in [0, 0.05) is 32.0 Å². The molecule has 7 heteroatoms. The summed E-state index contributed by atoms with van der Waals surface area (Å²) in [5.74, 6) is 1.21. The lowest BCUT2D eigenvalue weighted by molar-refractivity contribution is 0.0932. The van der Waals surface area contributed by atoms with Gasteiger partial charge in [-0.15, -0.1) is 5.10 Å². The highest BCUT2D eigenvalue weighted by Gasteiger charge is 2.21. The zero-order valence-corrected chi connectivity index (χ0v) is 13.8. The maximum absolute atomic E-state index is 12.3. The zero-order chi connectivity index (χ0) is 16.2. The number of hydrogen-bond donors (Lipinski definition) is 2. The van der Waals surface area contributed by atoms with E-state index in [1.807, 2.05) is 18.2 Å². The van der Waals surface area contributed by atoms with Crippen molar-refractivity contribution in [3.8, 4) is 5.69 Å². The van der Waals surface area contributed by atoms with Gasteiger partial charge in [-0.2, -0.15) is 0 Å². The molecule has 0 unspecified atom stereocenters. The number of benzene rings is 1. The molecule has 1 saturated heterocycles. The monoisotopic (exact) mass is 333 g/mol. The topological polar surface area (TPSA) is 71.8 Å². The van der Waals surface area contributed by atoms with E-state index in [-0.39, 0.29) is 11.7 Å². The number of aryl methyl sites for hydroxylation is 1. The fraction of sp³-hybridized carbons (Fsp3) is 0.438. The Morgan fingerprint density at radius 1 is 1.43 bits per heavy atom. The Kier molecular flexibility index (Phi) is 4.93. The third-order valence-corrected chi connectivity index (χ3v) is 4.17. The summed E-state index contributed by atoms with van der Waals surface area (Å²) in [6.45, 7) is 4.61. The smallest absolute Gasteiger partial charge is 0.290 e. The fourth-order valence-corrected chi connectivity index (χ4v) is 2.67. The van der Waals surface area contributed by atoms with Crippen molar-refractivity contribution in [3.63, 3.8) is 0 Å². The van der Waals surface area contributed by atoms with Gasteiger partial charge in [0.2, 0.25) is 5.82 Å². The van der Waals surface area contributed by atoms with Crippen LogP contribution >= 0.6 is 11.6 Å². The molecule has 0 aliphatic carbocycles. The lowest BCUT2D eigenvalue weighted by Crippen LogP contribution is -2.48. The molecule has 2 aromatic rings. The summed E-state index contributed by atoms with van der Waals surface area (Å²) in [7, 11) is 0. The number of rotatable bonds is 6. The molecule has 1 aromatic heterocycles. The van der Waals surface area contributed by atoms with E-state index in [9.17, 15) is 4.79 Å². The molecule has 2 N–H and O–H groups in total. The third kappa shape index (κ3) is 3.54. The molecule has 1 aliphatic rings. The van der Waals surface area contributed by atoms with Crippen LogP contribution in [-0.2, 0) is 6.42 Å². The van der Waals surface area contributed by atoms with Gasteiger partial charge in [0.05, 0.1) is 10.7 Å². The number of carbonyl (C=O) groups is 1. The Balaban J connectivity index is 1.83. The van der Waals surface area contributed by atoms with Crippen LogP contribution in [0.3, 0.4) is 0 Å². The predicted molar refractivity (Wildman–Crippen MR) is 89.1 cm³/mol. The van der Waals surface area contributed by atoms with Crippen molar-refractivity contribution in [2.24, 2.45) is 5.92 Å². The molecule has 1 aliphatic heterocycles. The first-order valence-corrected chi connectivity index (χ1v) is 8.26. The molecule has 0 atom stereocenters. The Labute approximate surface area is 140 Å². The van der Waals surface area contributed by atoms with E-state index >= 15 is 0 Å². The summed E-state index contributed by atoms with van der Waals surface area (Å²) in [5, 5.41) is 11.0. The molecular formula is C16H20ClN5O. The molecule has 122 valence electrons. The van der Waals surface area contributed by atoms with E-state index in [1.54, 1.807) is 10.7 Å². The number of nitrogens with zero attached hydrogens (tertiary/aromatic N) is 3. The van der Waals surface area contributed by atoms with E-state index in [0.29, 0.717) is 17.5 Å². The predicted octanol–water partition coefficient (Wildman–Crippen LogP) is 1.82. The number of aromatic nitrogens is 3. The molecule has 0 saturated carbocycles. The van der Waals surface area contributed by atoms with Gasteiger partial charge in [-0.1, -0.05) is 30.7 Å². The first kappa shape index (κ1) is 16.0. The van der Waals surface area contributed by atoms with Gasteiger partial charge in [-0.3, -0.25) is 4.79 Å². The van der Waals surface area contributed by atoms with Gasteiger partial charge in [-0.25, -0.2) is 9.67 Å². The number of hydrogen-bond acceptors (Lipinski definition) is 4. The van der Waals surface area contributed by atoms with Gasteiger partial charge in [-0.05, 0) is 18.6 Å². The van der Waals surface area contributed by atoms with Crippen LogP contribution in [0, 0.1) is 5.92 Å². The van der Waals surface area contributed by atoms with Crippen LogP contribution in [0.2, 0.25) is 5.02 Å². The van der Waals surface area contributed by atoms with Gasteiger partial charge in [0.15, 0.2) is 0 Å². The molecule has 1 amide bonds. The van der Waals surface area contributed by atoms with E-state index < -0.39 is 0 Å². The molecule has 23 heavy (non-hydrogen) atoms. The third-order valence-electron chi connectivity index (χ3n) is 3.85. The number of para-hydroxylation sites is 1. The van der Waals surface area contributed by atoms with Crippen molar-refractivity contribution in [1.29, 1.82) is 0 Å². The summed E-state index contributed by atoms with van der Waals surface area (Å²) < 4.78 is 1.67. The number of carbonyl (C=O) groups excluding carboxylic acids is 1. The first-order valence-electron chi connectivity index (χ1n) is 7.88. The Morgan fingerprint density at radius 3 is 2.87 bits per heavy atom. The highest BCUT2D eigenvalue weighted by Crippen LogP contribution is 2.21. The largest absolute Gasteiger partial charge is 0.349 e. The van der Waals surface area contributed by atoms with Crippen molar-refractivity contribution in [3.05, 3.63) is 40.9 Å². The molecule has 0 spiro atoms. The lowest BCUT2D eigenvalue weighted by Gasteiger charge is -2.26. The van der Waals surface area contributed by atoms with Crippen LogP contribution in [0.25, 0.3) is 5.69 Å². The van der Waals surface area contributed by atoms with Crippen molar-refractivity contribution in [2.45, 2.75) is 19.8 Å². The molecule has 2 heterocycles. The fourth-order valence-electron chi connectivity index (χ4n) is 2.45. The van der Waals surface area contributed by atoms with Crippen LogP contribution < -0.4 is 10.6 Å². The lowest BCUT2D eigenvalue weighted by atomic mass is 10.0. The summed E-state index contributed by atoms with van der Waals surface area (Å²) in [4.78, 5) is 16.7. The van der Waals surface area contributed by atoms with E-state index in [0.717, 1.165) is 37.4 Å². The van der Waals surface area contributed by atoms with Crippen LogP contribution in [-0.4, -0.2) is 40.3 Å². The molecule has 3 rings (SSSR count). The minimum absolute atomic E-state index is 0.195. The molecule has 0 radical (unpaired) electrons. The molecule has 1 aromatic carbocycles. The number of nitrogens with one attached hydrogen (secondary N) is 2. The van der Waals surface area contributed by atoms with Crippen molar-refractivity contribution in [2.75, 3.05) is 19.6 Å². The van der Waals surface area contributed by atoms with Crippen LogP contribution in [0.15, 0.2) is 24.3 Å². The summed E-state index contributed by atoms with van der Waals surface area (Å²) in [6.07, 6.45) is 1.65. The van der Waals surface area contributed by atoms with E-state index in [1.165, 1.54) is 0 Å². The Hall–Kier alpha value is -1.92. The van der Waals surface area contributed by atoms with Crippen molar-refractivity contribution < 1.29 is 4.79 Å². The SMILES string of the molecule is CCCc1nc(C(=O)NCC2CNC2)nn1-c1ccccc1Cl. The van der Waals surface area contributed by atoms with Gasteiger partial charge >= 0.3 is 0 Å². The number of amides is 1. The normalized spacial score (nSPS) is 14.5. The molecule has 6 nitrogen and oxygen atoms in total. The second kappa shape index (κ2) is 7.10. The first-order chi connectivity index (χ1) is 11.2. The zero-order valence-electron chi connectivity index (χ0n) is 13.1. The Bertz CT molecular complexity index is 696. The highest BCUT2D eigenvalue weighted by atomic mass is 35.5. The van der Waals surface area contributed by atoms with Crippen molar-refractivity contribution >= 4 is 17.5 Å². The van der Waals surface area contributed by atoms with Gasteiger partial charge in [0.1, 0.15) is 5.82 Å². The number of halogens is 1. The highest BCUT2D eigenvalue weighted by molar-refractivity contribution is 6.32. The molecular weight excluding hydrogens is 314 g/mol. The van der Waals surface area contributed by atoms with Crippen molar-refractivity contribution in [1.82, 2.24) is 25.4 Å². The second-order valence-electron chi connectivity index (χ2n) is 5.70. The van der Waals surface area contributed by atoms with E-state index in [4.69, 9.17) is 11.6 Å². The average Bonchev–Trinajstić information content (AvgIpc) is 2.90. The second-order valence-corrected chi connectivity index (χ2v) is 6.11. The quantitative estimate of drug-likeness (QED) is 0.846. The maximum Gasteiger partial charge on any atom is 0.290 e. The van der Waals surface area contributed by atoms with Crippen LogP contribution in [0.5, 0.6) is 0 Å². The Morgan fingerprint density at radius 2 is 2.22 bits per heavy atom. The van der Waals surface area contributed by atoms with Crippen LogP contribution in [0.1, 0.15) is 29.8 Å². The van der Waals surface area contributed by atoms with E-state index in [2.05, 4.69) is 27.6 Å². The minimum Gasteiger partial charge on any atom is -0.349 e. The van der Waals surface area contributed by atoms with Crippen LogP contribution in [0.4, 0.5) is 0 Å². The molecule has 0 bridgehead atoms. The average molecular weight is 334 g/mol. The van der Waals surface area contributed by atoms with Gasteiger partial charge < -0.3 is 10.6 Å². The molecule has 1 fully saturated rings. The summed E-state index contributed by atoms with van der Waals surface area (Å²) in [6, 6.07) is 7.43. The minimum atomic E-state index is -0.236. The maximum atomic E-state index is 12.3. The summed E-state index contributed by atoms with van der Waals surface area (Å²) >= 11 is 6.25. The standard InChI is InChI=1S/C16H20ClN5O/c1-2-5-14-20-15(16(23)19-10-11-8-18-9-11)21-22(14)13-7-4-3-6-12(13)17/h3-4,6-7,11,18H,2,5,8-10H2,1H3,(H,19,23). The van der Waals surface area contributed by atoms with Gasteiger partial charge in [0.25, 0.3) is 5.91 Å². The summed E-state index contributed by atoms with van der Waals surface area (Å²) in [5.41, 5.74) is 0.743.